The minimum atomic E-state index is 0.136. The number of hydrogen-bond donors (Lipinski definition) is 1. The van der Waals surface area contributed by atoms with Gasteiger partial charge in [-0.1, -0.05) is 13.8 Å². The van der Waals surface area contributed by atoms with E-state index in [0.717, 1.165) is 32.5 Å². The molecular formula is C11H22N2O. The van der Waals surface area contributed by atoms with Gasteiger partial charge in [0.05, 0.1) is 6.04 Å². The van der Waals surface area contributed by atoms with E-state index in [0.29, 0.717) is 5.92 Å². The van der Waals surface area contributed by atoms with E-state index in [4.69, 9.17) is 0 Å². The van der Waals surface area contributed by atoms with Crippen molar-refractivity contribution < 1.29 is 4.79 Å². The Hall–Kier alpha value is -0.570. The predicted octanol–water partition coefficient (Wildman–Crippen LogP) is 1.24. The maximum Gasteiger partial charge on any atom is 0.237 e. The van der Waals surface area contributed by atoms with Gasteiger partial charge in [0.2, 0.25) is 5.91 Å². The van der Waals surface area contributed by atoms with E-state index in [1.54, 1.807) is 0 Å². The third-order valence-electron chi connectivity index (χ3n) is 2.62. The molecule has 1 aliphatic rings. The average molecular weight is 198 g/mol. The van der Waals surface area contributed by atoms with E-state index in [2.05, 4.69) is 24.1 Å². The van der Waals surface area contributed by atoms with Crippen LogP contribution in [0.3, 0.4) is 0 Å². The summed E-state index contributed by atoms with van der Waals surface area (Å²) >= 11 is 0. The highest BCUT2D eigenvalue weighted by Crippen LogP contribution is 2.18. The fourth-order valence-electron chi connectivity index (χ4n) is 2.10. The van der Waals surface area contributed by atoms with Gasteiger partial charge in [0.1, 0.15) is 0 Å². The van der Waals surface area contributed by atoms with Gasteiger partial charge >= 0.3 is 0 Å². The number of likely N-dealkylation sites (tertiary alicyclic amines) is 1. The fourth-order valence-corrected chi connectivity index (χ4v) is 2.10. The van der Waals surface area contributed by atoms with Crippen molar-refractivity contribution in [1.29, 1.82) is 0 Å². The van der Waals surface area contributed by atoms with Gasteiger partial charge < -0.3 is 5.32 Å². The standard InChI is InChI=1S/C11H22N2O/c1-4-12-11(14)10-6-5-7-13(10)8-9(2)3/h9-10H,4-8H2,1-3H3,(H,12,14)/t10-/m1/s1. The van der Waals surface area contributed by atoms with Crippen LogP contribution in [0.2, 0.25) is 0 Å². The van der Waals surface area contributed by atoms with Crippen LogP contribution in [0.4, 0.5) is 0 Å². The fraction of sp³-hybridized carbons (Fsp3) is 0.909. The molecule has 3 heteroatoms. The minimum absolute atomic E-state index is 0.136. The molecule has 1 atom stereocenters. The van der Waals surface area contributed by atoms with E-state index in [-0.39, 0.29) is 11.9 Å². The highest BCUT2D eigenvalue weighted by molar-refractivity contribution is 5.81. The molecule has 0 unspecified atom stereocenters. The molecule has 0 saturated carbocycles. The van der Waals surface area contributed by atoms with E-state index in [1.807, 2.05) is 6.92 Å². The minimum Gasteiger partial charge on any atom is -0.355 e. The molecule has 1 fully saturated rings. The Balaban J connectivity index is 2.46. The first-order valence-corrected chi connectivity index (χ1v) is 5.67. The number of nitrogens with one attached hydrogen (secondary N) is 1. The van der Waals surface area contributed by atoms with Gasteiger partial charge in [0.25, 0.3) is 0 Å². The normalized spacial score (nSPS) is 23.0. The molecule has 0 aliphatic carbocycles. The van der Waals surface area contributed by atoms with Crippen LogP contribution in [-0.4, -0.2) is 36.5 Å². The number of carbonyl (C=O) groups excluding carboxylic acids is 1. The summed E-state index contributed by atoms with van der Waals surface area (Å²) in [5.74, 6) is 0.857. The molecule has 0 spiro atoms. The SMILES string of the molecule is CCNC(=O)[C@H]1CCCN1CC(C)C. The molecule has 0 radical (unpaired) electrons. The molecule has 1 N–H and O–H groups in total. The first-order valence-electron chi connectivity index (χ1n) is 5.67. The summed E-state index contributed by atoms with van der Waals surface area (Å²) in [6.07, 6.45) is 2.19. The smallest absolute Gasteiger partial charge is 0.237 e. The van der Waals surface area contributed by atoms with Crippen LogP contribution in [-0.2, 0) is 4.79 Å². The summed E-state index contributed by atoms with van der Waals surface area (Å²) in [6, 6.07) is 0.136. The van der Waals surface area contributed by atoms with Crippen molar-refractivity contribution >= 4 is 5.91 Å². The zero-order chi connectivity index (χ0) is 10.6. The Morgan fingerprint density at radius 1 is 1.57 bits per heavy atom. The van der Waals surface area contributed by atoms with Crippen molar-refractivity contribution in [3.8, 4) is 0 Å². The van der Waals surface area contributed by atoms with Gasteiger partial charge in [-0.3, -0.25) is 9.69 Å². The van der Waals surface area contributed by atoms with Crippen LogP contribution in [0, 0.1) is 5.92 Å². The van der Waals surface area contributed by atoms with Crippen LogP contribution in [0.1, 0.15) is 33.6 Å². The van der Waals surface area contributed by atoms with Crippen LogP contribution in [0.25, 0.3) is 0 Å². The quantitative estimate of drug-likeness (QED) is 0.737. The lowest BCUT2D eigenvalue weighted by atomic mass is 10.1. The van der Waals surface area contributed by atoms with Crippen molar-refractivity contribution in [2.24, 2.45) is 5.92 Å². The third-order valence-corrected chi connectivity index (χ3v) is 2.62. The van der Waals surface area contributed by atoms with Crippen molar-refractivity contribution in [2.45, 2.75) is 39.7 Å². The van der Waals surface area contributed by atoms with Gasteiger partial charge in [0.15, 0.2) is 0 Å². The van der Waals surface area contributed by atoms with Gasteiger partial charge in [-0.15, -0.1) is 0 Å². The van der Waals surface area contributed by atoms with Crippen molar-refractivity contribution in [1.82, 2.24) is 10.2 Å². The third kappa shape index (κ3) is 2.98. The lowest BCUT2D eigenvalue weighted by Crippen LogP contribution is -2.44. The molecule has 1 rings (SSSR count). The Morgan fingerprint density at radius 3 is 2.86 bits per heavy atom. The monoisotopic (exact) mass is 198 g/mol. The van der Waals surface area contributed by atoms with E-state index < -0.39 is 0 Å². The molecule has 0 bridgehead atoms. The first-order chi connectivity index (χ1) is 6.65. The maximum atomic E-state index is 11.7. The Kier molecular flexibility index (Phi) is 4.39. The molecule has 0 aromatic rings. The van der Waals surface area contributed by atoms with Gasteiger partial charge in [-0.05, 0) is 32.2 Å². The van der Waals surface area contributed by atoms with E-state index >= 15 is 0 Å². The zero-order valence-corrected chi connectivity index (χ0v) is 9.55. The van der Waals surface area contributed by atoms with E-state index in [9.17, 15) is 4.79 Å². The second-order valence-electron chi connectivity index (χ2n) is 4.44. The summed E-state index contributed by atoms with van der Waals surface area (Å²) in [5.41, 5.74) is 0. The van der Waals surface area contributed by atoms with Crippen LogP contribution in [0.5, 0.6) is 0 Å². The summed E-state index contributed by atoms with van der Waals surface area (Å²) < 4.78 is 0. The number of carbonyl (C=O) groups is 1. The van der Waals surface area contributed by atoms with E-state index in [1.165, 1.54) is 0 Å². The highest BCUT2D eigenvalue weighted by atomic mass is 16.2. The number of hydrogen-bond acceptors (Lipinski definition) is 2. The first kappa shape index (κ1) is 11.5. The number of nitrogens with zero attached hydrogens (tertiary/aromatic N) is 1. The van der Waals surface area contributed by atoms with Gasteiger partial charge in [-0.25, -0.2) is 0 Å². The number of rotatable bonds is 4. The number of amides is 1. The largest absolute Gasteiger partial charge is 0.355 e. The second kappa shape index (κ2) is 5.35. The summed E-state index contributed by atoms with van der Waals surface area (Å²) in [4.78, 5) is 14.0. The molecule has 3 nitrogen and oxygen atoms in total. The van der Waals surface area contributed by atoms with Crippen molar-refractivity contribution in [3.05, 3.63) is 0 Å². The van der Waals surface area contributed by atoms with Crippen molar-refractivity contribution in [2.75, 3.05) is 19.6 Å². The van der Waals surface area contributed by atoms with Gasteiger partial charge in [-0.2, -0.15) is 0 Å². The molecule has 1 heterocycles. The lowest BCUT2D eigenvalue weighted by Gasteiger charge is -2.24. The topological polar surface area (TPSA) is 32.3 Å². The molecule has 1 aliphatic heterocycles. The highest BCUT2D eigenvalue weighted by Gasteiger charge is 2.30. The van der Waals surface area contributed by atoms with Crippen LogP contribution in [0.15, 0.2) is 0 Å². The van der Waals surface area contributed by atoms with Crippen molar-refractivity contribution in [3.63, 3.8) is 0 Å². The molecule has 0 aromatic carbocycles. The molecule has 0 aromatic heterocycles. The zero-order valence-electron chi connectivity index (χ0n) is 9.55. The number of likely N-dealkylation sites (N-methyl/N-ethyl adjacent to an activating group) is 1. The summed E-state index contributed by atoms with van der Waals surface area (Å²) in [7, 11) is 0. The Bertz CT molecular complexity index is 192. The molecule has 82 valence electrons. The molecule has 1 saturated heterocycles. The lowest BCUT2D eigenvalue weighted by molar-refractivity contribution is -0.125. The second-order valence-corrected chi connectivity index (χ2v) is 4.44. The molecule has 14 heavy (non-hydrogen) atoms. The van der Waals surface area contributed by atoms with Crippen LogP contribution >= 0.6 is 0 Å². The maximum absolute atomic E-state index is 11.7. The summed E-state index contributed by atoms with van der Waals surface area (Å²) in [6.45, 7) is 9.24. The molecular weight excluding hydrogens is 176 g/mol. The average Bonchev–Trinajstić information content (AvgIpc) is 2.51. The molecule has 1 amide bonds. The Labute approximate surface area is 86.9 Å². The Morgan fingerprint density at radius 2 is 2.29 bits per heavy atom. The predicted molar refractivity (Wildman–Crippen MR) is 58.1 cm³/mol. The van der Waals surface area contributed by atoms with Gasteiger partial charge in [0, 0.05) is 13.1 Å². The summed E-state index contributed by atoms with van der Waals surface area (Å²) in [5, 5.41) is 2.91. The van der Waals surface area contributed by atoms with Crippen LogP contribution < -0.4 is 5.32 Å².